The monoisotopic (exact) mass is 264 g/mol. The van der Waals surface area contributed by atoms with Crippen LogP contribution in [0.25, 0.3) is 0 Å². The zero-order chi connectivity index (χ0) is 14.6. The van der Waals surface area contributed by atoms with Crippen molar-refractivity contribution in [1.29, 1.82) is 0 Å². The number of primary amides is 1. The van der Waals surface area contributed by atoms with Crippen LogP contribution >= 0.6 is 0 Å². The Kier molecular flexibility index (Phi) is 4.74. The first-order chi connectivity index (χ1) is 8.81. The number of amides is 2. The van der Waals surface area contributed by atoms with Gasteiger partial charge >= 0.3 is 0 Å². The molecule has 6 nitrogen and oxygen atoms in total. The number of carbonyl (C=O) groups excluding carboxylic acids is 2. The summed E-state index contributed by atoms with van der Waals surface area (Å²) >= 11 is 0. The summed E-state index contributed by atoms with van der Waals surface area (Å²) < 4.78 is 0. The molecular weight excluding hydrogens is 244 g/mol. The minimum Gasteiger partial charge on any atom is -0.398 e. The summed E-state index contributed by atoms with van der Waals surface area (Å²) in [4.78, 5) is 24.6. The number of rotatable bonds is 5. The zero-order valence-corrected chi connectivity index (χ0v) is 11.4. The molecular formula is C13H20N4O2. The van der Waals surface area contributed by atoms with Gasteiger partial charge in [0.2, 0.25) is 5.91 Å². The second-order valence-corrected chi connectivity index (χ2v) is 4.71. The Hall–Kier alpha value is -2.24. The van der Waals surface area contributed by atoms with Gasteiger partial charge in [-0.1, -0.05) is 0 Å². The van der Waals surface area contributed by atoms with E-state index in [1.54, 1.807) is 30.1 Å². The number of benzene rings is 1. The average Bonchev–Trinajstić information content (AvgIpc) is 2.27. The molecule has 0 aliphatic heterocycles. The Morgan fingerprint density at radius 1 is 1.37 bits per heavy atom. The van der Waals surface area contributed by atoms with Crippen LogP contribution < -0.4 is 21.7 Å². The van der Waals surface area contributed by atoms with Crippen LogP contribution in [0.2, 0.25) is 0 Å². The van der Waals surface area contributed by atoms with Crippen molar-refractivity contribution in [2.75, 3.05) is 24.2 Å². The van der Waals surface area contributed by atoms with Gasteiger partial charge < -0.3 is 21.7 Å². The number of carbonyl (C=O) groups is 2. The van der Waals surface area contributed by atoms with Gasteiger partial charge in [-0.2, -0.15) is 0 Å². The highest BCUT2D eigenvalue weighted by Crippen LogP contribution is 2.19. The highest BCUT2D eigenvalue weighted by atomic mass is 16.2. The molecule has 0 atom stereocenters. The number of hydrogen-bond acceptors (Lipinski definition) is 4. The van der Waals surface area contributed by atoms with E-state index in [2.05, 4.69) is 5.32 Å². The van der Waals surface area contributed by atoms with Gasteiger partial charge in [0.1, 0.15) is 0 Å². The molecule has 1 aromatic rings. The molecule has 0 saturated carbocycles. The van der Waals surface area contributed by atoms with E-state index in [0.29, 0.717) is 11.4 Å². The number of hydrogen-bond donors (Lipinski definition) is 3. The number of nitrogens with two attached hydrogens (primary N) is 2. The summed E-state index contributed by atoms with van der Waals surface area (Å²) in [5, 5.41) is 2.80. The molecule has 0 saturated heterocycles. The van der Waals surface area contributed by atoms with Crippen LogP contribution in [0.15, 0.2) is 18.2 Å². The lowest BCUT2D eigenvalue weighted by Gasteiger charge is -2.20. The van der Waals surface area contributed by atoms with Crippen molar-refractivity contribution in [1.82, 2.24) is 5.32 Å². The van der Waals surface area contributed by atoms with Crippen LogP contribution in [0.3, 0.4) is 0 Å². The van der Waals surface area contributed by atoms with E-state index in [4.69, 9.17) is 11.5 Å². The molecule has 0 heterocycles. The smallest absolute Gasteiger partial charge is 0.250 e. The predicted molar refractivity (Wildman–Crippen MR) is 75.9 cm³/mol. The van der Waals surface area contributed by atoms with Crippen LogP contribution in [-0.4, -0.2) is 31.4 Å². The van der Waals surface area contributed by atoms with Gasteiger partial charge in [-0.25, -0.2) is 0 Å². The molecule has 0 spiro atoms. The van der Waals surface area contributed by atoms with E-state index in [0.717, 1.165) is 0 Å². The highest BCUT2D eigenvalue weighted by molar-refractivity contribution is 5.99. The van der Waals surface area contributed by atoms with E-state index in [1.807, 2.05) is 13.8 Å². The van der Waals surface area contributed by atoms with Crippen molar-refractivity contribution in [2.45, 2.75) is 19.9 Å². The minimum atomic E-state index is -0.584. The maximum atomic E-state index is 11.7. The molecule has 0 aliphatic rings. The van der Waals surface area contributed by atoms with Crippen molar-refractivity contribution in [2.24, 2.45) is 5.73 Å². The van der Waals surface area contributed by atoms with E-state index < -0.39 is 5.91 Å². The van der Waals surface area contributed by atoms with E-state index in [9.17, 15) is 9.59 Å². The van der Waals surface area contributed by atoms with Crippen LogP contribution in [0.1, 0.15) is 24.2 Å². The molecule has 0 aromatic heterocycles. The third-order valence-electron chi connectivity index (χ3n) is 2.57. The fraction of sp³-hybridized carbons (Fsp3) is 0.385. The van der Waals surface area contributed by atoms with Crippen molar-refractivity contribution < 1.29 is 9.59 Å². The first-order valence-electron chi connectivity index (χ1n) is 6.01. The van der Waals surface area contributed by atoms with Crippen molar-refractivity contribution >= 4 is 23.2 Å². The van der Waals surface area contributed by atoms with Gasteiger partial charge in [0.05, 0.1) is 12.1 Å². The topological polar surface area (TPSA) is 101 Å². The Labute approximate surface area is 112 Å². The predicted octanol–water partition coefficient (Wildman–Crippen LogP) is 0.329. The SMILES string of the molecule is CC(C)NC(=O)CN(C)c1ccc(N)c(C(N)=O)c1. The standard InChI is InChI=1S/C13H20N4O2/c1-8(2)16-12(18)7-17(3)9-4-5-11(14)10(6-9)13(15)19/h4-6,8H,7,14H2,1-3H3,(H2,15,19)(H,16,18). The van der Waals surface area contributed by atoms with Crippen LogP contribution in [-0.2, 0) is 4.79 Å². The highest BCUT2D eigenvalue weighted by Gasteiger charge is 2.12. The lowest BCUT2D eigenvalue weighted by molar-refractivity contribution is -0.120. The summed E-state index contributed by atoms with van der Waals surface area (Å²) in [6.07, 6.45) is 0. The fourth-order valence-electron chi connectivity index (χ4n) is 1.67. The molecule has 0 radical (unpaired) electrons. The average molecular weight is 264 g/mol. The normalized spacial score (nSPS) is 10.3. The van der Waals surface area contributed by atoms with Crippen LogP contribution in [0.5, 0.6) is 0 Å². The summed E-state index contributed by atoms with van der Waals surface area (Å²) in [6.45, 7) is 3.99. The van der Waals surface area contributed by atoms with Gasteiger partial charge in [0.25, 0.3) is 5.91 Å². The molecule has 0 fully saturated rings. The maximum absolute atomic E-state index is 11.7. The number of likely N-dealkylation sites (N-methyl/N-ethyl adjacent to an activating group) is 1. The van der Waals surface area contributed by atoms with E-state index in [1.165, 1.54) is 0 Å². The van der Waals surface area contributed by atoms with Gasteiger partial charge in [-0.05, 0) is 32.0 Å². The minimum absolute atomic E-state index is 0.0880. The first kappa shape index (κ1) is 14.8. The summed E-state index contributed by atoms with van der Waals surface area (Å²) in [5.74, 6) is -0.672. The lowest BCUT2D eigenvalue weighted by atomic mass is 10.1. The Morgan fingerprint density at radius 2 is 2.00 bits per heavy atom. The molecule has 0 unspecified atom stereocenters. The van der Waals surface area contributed by atoms with Gasteiger partial charge in [-0.15, -0.1) is 0 Å². The number of nitrogens with zero attached hydrogens (tertiary/aromatic N) is 1. The van der Waals surface area contributed by atoms with Gasteiger partial charge in [-0.3, -0.25) is 9.59 Å². The zero-order valence-electron chi connectivity index (χ0n) is 11.4. The quantitative estimate of drug-likeness (QED) is 0.667. The molecule has 5 N–H and O–H groups in total. The third kappa shape index (κ3) is 4.17. The Bertz CT molecular complexity index is 486. The molecule has 6 heteroatoms. The second-order valence-electron chi connectivity index (χ2n) is 4.71. The second kappa shape index (κ2) is 6.08. The number of nitrogens with one attached hydrogen (secondary N) is 1. The van der Waals surface area contributed by atoms with Crippen LogP contribution in [0, 0.1) is 0 Å². The summed E-state index contributed by atoms with van der Waals surface area (Å²) in [7, 11) is 1.76. The van der Waals surface area contributed by atoms with Crippen molar-refractivity contribution in [3.05, 3.63) is 23.8 Å². The van der Waals surface area contributed by atoms with E-state index in [-0.39, 0.29) is 24.1 Å². The number of nitrogen functional groups attached to an aromatic ring is 1. The largest absolute Gasteiger partial charge is 0.398 e. The third-order valence-corrected chi connectivity index (χ3v) is 2.57. The van der Waals surface area contributed by atoms with E-state index >= 15 is 0 Å². The first-order valence-corrected chi connectivity index (χ1v) is 6.01. The Morgan fingerprint density at radius 3 is 2.53 bits per heavy atom. The summed E-state index contributed by atoms with van der Waals surface area (Å²) in [5.41, 5.74) is 12.2. The molecule has 0 bridgehead atoms. The molecule has 104 valence electrons. The summed E-state index contributed by atoms with van der Waals surface area (Å²) in [6, 6.07) is 5.02. The van der Waals surface area contributed by atoms with Gasteiger partial charge in [0.15, 0.2) is 0 Å². The Balaban J connectivity index is 2.83. The van der Waals surface area contributed by atoms with Crippen molar-refractivity contribution in [3.8, 4) is 0 Å². The molecule has 1 rings (SSSR count). The fourth-order valence-corrected chi connectivity index (χ4v) is 1.67. The van der Waals surface area contributed by atoms with Crippen LogP contribution in [0.4, 0.5) is 11.4 Å². The maximum Gasteiger partial charge on any atom is 0.250 e. The van der Waals surface area contributed by atoms with Crippen molar-refractivity contribution in [3.63, 3.8) is 0 Å². The molecule has 1 aromatic carbocycles. The number of anilines is 2. The molecule has 2 amide bonds. The van der Waals surface area contributed by atoms with Gasteiger partial charge in [0, 0.05) is 24.5 Å². The molecule has 19 heavy (non-hydrogen) atoms. The molecule has 0 aliphatic carbocycles. The lowest BCUT2D eigenvalue weighted by Crippen LogP contribution is -2.38.